The molecule has 0 bridgehead atoms. The van der Waals surface area contributed by atoms with Gasteiger partial charge in [-0.3, -0.25) is 4.55 Å². The highest BCUT2D eigenvalue weighted by atomic mass is 79.9. The van der Waals surface area contributed by atoms with Crippen LogP contribution in [-0.4, -0.2) is 19.6 Å². The number of hydrogen-bond acceptors (Lipinski definition) is 6. The Labute approximate surface area is 158 Å². The molecule has 0 aliphatic rings. The first-order chi connectivity index (χ1) is 11.7. The Morgan fingerprint density at radius 1 is 1.28 bits per heavy atom. The zero-order valence-corrected chi connectivity index (χ0v) is 16.3. The highest BCUT2D eigenvalue weighted by Crippen LogP contribution is 2.36. The van der Waals surface area contributed by atoms with Gasteiger partial charge in [-0.2, -0.15) is 13.5 Å². The van der Waals surface area contributed by atoms with Crippen LogP contribution in [0.3, 0.4) is 0 Å². The molecular weight excluding hydrogens is 434 g/mol. The molecule has 0 spiro atoms. The molecule has 0 aliphatic heterocycles. The summed E-state index contributed by atoms with van der Waals surface area (Å²) in [7, 11) is -4.45. The van der Waals surface area contributed by atoms with Gasteiger partial charge in [0.05, 0.1) is 23.0 Å². The standard InChI is InChI=1S/C15H15BrClN3O4S/c1-2-5-24-14-8-13(10(16)7-12(14)18)20-19-9-3-4-11(17)15(6-9)25(21,22)23/h3-4,6-8H,2,5,18H2,1H3,(H,21,22,23). The van der Waals surface area contributed by atoms with Crippen molar-refractivity contribution < 1.29 is 17.7 Å². The maximum atomic E-state index is 11.3. The van der Waals surface area contributed by atoms with Crippen molar-refractivity contribution in [2.75, 3.05) is 12.3 Å². The second-order valence-electron chi connectivity index (χ2n) is 4.98. The molecule has 0 heterocycles. The van der Waals surface area contributed by atoms with Gasteiger partial charge < -0.3 is 10.5 Å². The van der Waals surface area contributed by atoms with Crippen LogP contribution in [0.5, 0.6) is 5.75 Å². The average Bonchev–Trinajstić information content (AvgIpc) is 2.53. The Morgan fingerprint density at radius 3 is 2.64 bits per heavy atom. The molecule has 0 fully saturated rings. The van der Waals surface area contributed by atoms with E-state index in [1.165, 1.54) is 12.1 Å². The summed E-state index contributed by atoms with van der Waals surface area (Å²) in [5.41, 5.74) is 7.00. The summed E-state index contributed by atoms with van der Waals surface area (Å²) in [6, 6.07) is 7.18. The molecule has 0 saturated heterocycles. The second kappa shape index (κ2) is 8.13. The maximum Gasteiger partial charge on any atom is 0.296 e. The lowest BCUT2D eigenvalue weighted by atomic mass is 10.2. The molecule has 25 heavy (non-hydrogen) atoms. The third-order valence-corrected chi connectivity index (χ3v) is 4.98. The van der Waals surface area contributed by atoms with E-state index >= 15 is 0 Å². The van der Waals surface area contributed by atoms with Gasteiger partial charge in [-0.25, -0.2) is 0 Å². The van der Waals surface area contributed by atoms with Gasteiger partial charge in [0, 0.05) is 10.5 Å². The first-order valence-corrected chi connectivity index (χ1v) is 9.74. The monoisotopic (exact) mass is 447 g/mol. The van der Waals surface area contributed by atoms with E-state index in [9.17, 15) is 8.42 Å². The first kappa shape index (κ1) is 19.6. The third-order valence-electron chi connectivity index (χ3n) is 3.01. The summed E-state index contributed by atoms with van der Waals surface area (Å²) >= 11 is 9.10. The minimum atomic E-state index is -4.45. The lowest BCUT2D eigenvalue weighted by molar-refractivity contribution is 0.319. The molecule has 0 radical (unpaired) electrons. The van der Waals surface area contributed by atoms with E-state index in [0.717, 1.165) is 12.5 Å². The van der Waals surface area contributed by atoms with Crippen LogP contribution in [0.4, 0.5) is 17.1 Å². The van der Waals surface area contributed by atoms with Crippen LogP contribution in [-0.2, 0) is 10.1 Å². The molecule has 0 saturated carbocycles. The number of anilines is 1. The fraction of sp³-hybridized carbons (Fsp3) is 0.200. The fourth-order valence-electron chi connectivity index (χ4n) is 1.84. The summed E-state index contributed by atoms with van der Waals surface area (Å²) in [5.74, 6) is 0.480. The molecule has 2 aromatic carbocycles. The van der Waals surface area contributed by atoms with Crippen molar-refractivity contribution in [1.29, 1.82) is 0 Å². The highest BCUT2D eigenvalue weighted by molar-refractivity contribution is 9.10. The minimum absolute atomic E-state index is 0.106. The van der Waals surface area contributed by atoms with Gasteiger partial charge in [-0.1, -0.05) is 18.5 Å². The van der Waals surface area contributed by atoms with Crippen LogP contribution in [0.25, 0.3) is 0 Å². The number of nitrogens with two attached hydrogens (primary N) is 1. The average molecular weight is 449 g/mol. The van der Waals surface area contributed by atoms with Gasteiger partial charge in [0.25, 0.3) is 10.1 Å². The summed E-state index contributed by atoms with van der Waals surface area (Å²) in [6.07, 6.45) is 0.829. The molecule has 0 unspecified atom stereocenters. The number of ether oxygens (including phenoxy) is 1. The number of halogens is 2. The van der Waals surface area contributed by atoms with Crippen molar-refractivity contribution >= 4 is 54.7 Å². The van der Waals surface area contributed by atoms with Crippen LogP contribution >= 0.6 is 27.5 Å². The molecule has 0 aromatic heterocycles. The number of hydrogen-bond donors (Lipinski definition) is 2. The zero-order valence-electron chi connectivity index (χ0n) is 13.1. The van der Waals surface area contributed by atoms with Crippen LogP contribution in [0.15, 0.2) is 49.9 Å². The largest absolute Gasteiger partial charge is 0.491 e. The van der Waals surface area contributed by atoms with Crippen molar-refractivity contribution in [3.63, 3.8) is 0 Å². The number of rotatable bonds is 6. The van der Waals surface area contributed by atoms with Gasteiger partial charge >= 0.3 is 0 Å². The minimum Gasteiger partial charge on any atom is -0.491 e. The summed E-state index contributed by atoms with van der Waals surface area (Å²) in [6.45, 7) is 2.49. The van der Waals surface area contributed by atoms with Crippen LogP contribution in [0, 0.1) is 0 Å². The van der Waals surface area contributed by atoms with Crippen molar-refractivity contribution in [2.45, 2.75) is 18.2 Å². The maximum absolute atomic E-state index is 11.3. The Bertz CT molecular complexity index is 919. The van der Waals surface area contributed by atoms with E-state index in [1.807, 2.05) is 6.92 Å². The van der Waals surface area contributed by atoms with Gasteiger partial charge in [-0.15, -0.1) is 5.11 Å². The SMILES string of the molecule is CCCOc1cc(N=Nc2ccc(Cl)c(S(=O)(=O)O)c2)c(Br)cc1N. The summed E-state index contributed by atoms with van der Waals surface area (Å²) < 4.78 is 37.8. The van der Waals surface area contributed by atoms with Gasteiger partial charge in [0.2, 0.25) is 0 Å². The van der Waals surface area contributed by atoms with E-state index in [-0.39, 0.29) is 10.7 Å². The Balaban J connectivity index is 2.36. The second-order valence-corrected chi connectivity index (χ2v) is 7.63. The third kappa shape index (κ3) is 5.15. The van der Waals surface area contributed by atoms with Crippen molar-refractivity contribution in [3.8, 4) is 5.75 Å². The predicted octanol–water partition coefficient (Wildman–Crippen LogP) is 5.14. The molecular formula is C15H15BrClN3O4S. The molecule has 0 amide bonds. The van der Waals surface area contributed by atoms with Gasteiger partial charge in [0.15, 0.2) is 0 Å². The van der Waals surface area contributed by atoms with Gasteiger partial charge in [0.1, 0.15) is 16.3 Å². The summed E-state index contributed by atoms with van der Waals surface area (Å²) in [5, 5.41) is 7.92. The molecule has 2 aromatic rings. The van der Waals surface area contributed by atoms with Crippen molar-refractivity contribution in [2.24, 2.45) is 10.2 Å². The lowest BCUT2D eigenvalue weighted by Crippen LogP contribution is -1.99. The van der Waals surface area contributed by atoms with E-state index in [2.05, 4.69) is 26.2 Å². The topological polar surface area (TPSA) is 114 Å². The quantitative estimate of drug-likeness (QED) is 0.361. The molecule has 10 heteroatoms. The first-order valence-electron chi connectivity index (χ1n) is 7.13. The number of nitrogen functional groups attached to an aromatic ring is 1. The fourth-order valence-corrected chi connectivity index (χ4v) is 3.27. The Hall–Kier alpha value is -1.68. The molecule has 3 N–H and O–H groups in total. The smallest absolute Gasteiger partial charge is 0.296 e. The lowest BCUT2D eigenvalue weighted by Gasteiger charge is -2.09. The normalized spacial score (nSPS) is 11.8. The molecule has 0 atom stereocenters. The van der Waals surface area contributed by atoms with Crippen LogP contribution in [0.2, 0.25) is 5.02 Å². The Kier molecular flexibility index (Phi) is 6.39. The zero-order chi connectivity index (χ0) is 18.6. The molecule has 0 aliphatic carbocycles. The van der Waals surface area contributed by atoms with E-state index in [4.69, 9.17) is 26.6 Å². The predicted molar refractivity (Wildman–Crippen MR) is 99.8 cm³/mol. The molecule has 134 valence electrons. The van der Waals surface area contributed by atoms with Gasteiger partial charge in [-0.05, 0) is 46.6 Å². The highest BCUT2D eigenvalue weighted by Gasteiger charge is 2.15. The van der Waals surface area contributed by atoms with Crippen LogP contribution in [0.1, 0.15) is 13.3 Å². The van der Waals surface area contributed by atoms with Crippen molar-refractivity contribution in [1.82, 2.24) is 0 Å². The molecule has 7 nitrogen and oxygen atoms in total. The van der Waals surface area contributed by atoms with E-state index < -0.39 is 15.0 Å². The number of benzene rings is 2. The van der Waals surface area contributed by atoms with Crippen molar-refractivity contribution in [3.05, 3.63) is 39.8 Å². The van der Waals surface area contributed by atoms with E-state index in [0.29, 0.717) is 28.2 Å². The molecule has 2 rings (SSSR count). The number of nitrogens with zero attached hydrogens (tertiary/aromatic N) is 2. The van der Waals surface area contributed by atoms with Crippen LogP contribution < -0.4 is 10.5 Å². The Morgan fingerprint density at radius 2 is 2.00 bits per heavy atom. The summed E-state index contributed by atoms with van der Waals surface area (Å²) in [4.78, 5) is -0.436. The van der Waals surface area contributed by atoms with E-state index in [1.54, 1.807) is 12.1 Å². The number of azo groups is 1.